The van der Waals surface area contributed by atoms with Crippen molar-refractivity contribution in [2.45, 2.75) is 31.7 Å². The van der Waals surface area contributed by atoms with Gasteiger partial charge in [0, 0.05) is 18.5 Å². The highest BCUT2D eigenvalue weighted by Crippen LogP contribution is 2.40. The van der Waals surface area contributed by atoms with Crippen molar-refractivity contribution in [3.63, 3.8) is 0 Å². The van der Waals surface area contributed by atoms with Crippen LogP contribution in [0.4, 0.5) is 4.79 Å². The molecular weight excluding hydrogens is 310 g/mol. The molecule has 1 fully saturated rings. The van der Waals surface area contributed by atoms with Gasteiger partial charge in [-0.05, 0) is 12.5 Å². The normalized spacial score (nSPS) is 22.1. The lowest BCUT2D eigenvalue weighted by Gasteiger charge is -2.33. The highest BCUT2D eigenvalue weighted by atomic mass is 16.5. The summed E-state index contributed by atoms with van der Waals surface area (Å²) in [6.45, 7) is 2.63. The zero-order chi connectivity index (χ0) is 17.2. The zero-order valence-electron chi connectivity index (χ0n) is 13.6. The number of urea groups is 1. The number of fused-ring (bicyclic) bond motifs is 2. The number of benzene rings is 1. The van der Waals surface area contributed by atoms with Crippen LogP contribution in [0.1, 0.15) is 31.7 Å². The van der Waals surface area contributed by atoms with E-state index in [-0.39, 0.29) is 12.5 Å². The van der Waals surface area contributed by atoms with Crippen molar-refractivity contribution in [2.24, 2.45) is 0 Å². The van der Waals surface area contributed by atoms with Crippen molar-refractivity contribution in [3.05, 3.63) is 29.8 Å². The highest BCUT2D eigenvalue weighted by molar-refractivity contribution is 6.09. The number of hydrogen-bond donors (Lipinski definition) is 2. The minimum Gasteiger partial charge on any atom is -0.493 e. The highest BCUT2D eigenvalue weighted by Gasteiger charge is 2.55. The molecule has 7 nitrogen and oxygen atoms in total. The lowest BCUT2D eigenvalue weighted by molar-refractivity contribution is -0.136. The molecule has 1 saturated heterocycles. The Labute approximate surface area is 140 Å². The van der Waals surface area contributed by atoms with Crippen molar-refractivity contribution in [2.75, 3.05) is 19.7 Å². The minimum absolute atomic E-state index is 0.265. The predicted octanol–water partition coefficient (Wildman–Crippen LogP) is 1.13. The lowest BCUT2D eigenvalue weighted by Crippen LogP contribution is -2.48. The molecule has 1 spiro atoms. The van der Waals surface area contributed by atoms with Crippen molar-refractivity contribution in [1.29, 1.82) is 0 Å². The average molecular weight is 331 g/mol. The third kappa shape index (κ3) is 2.70. The zero-order valence-corrected chi connectivity index (χ0v) is 13.6. The summed E-state index contributed by atoms with van der Waals surface area (Å²) in [5.74, 6) is -0.134. The lowest BCUT2D eigenvalue weighted by atomic mass is 9.84. The molecule has 1 atom stereocenters. The molecule has 4 amide bonds. The van der Waals surface area contributed by atoms with Crippen LogP contribution in [0, 0.1) is 0 Å². The van der Waals surface area contributed by atoms with E-state index < -0.39 is 17.5 Å². The van der Waals surface area contributed by atoms with Gasteiger partial charge in [-0.25, -0.2) is 4.79 Å². The first-order chi connectivity index (χ1) is 11.6. The fourth-order valence-corrected chi connectivity index (χ4v) is 3.12. The van der Waals surface area contributed by atoms with E-state index in [1.807, 2.05) is 13.0 Å². The van der Waals surface area contributed by atoms with Crippen LogP contribution in [-0.4, -0.2) is 42.4 Å². The minimum atomic E-state index is -1.13. The molecule has 1 aromatic carbocycles. The molecule has 0 aliphatic carbocycles. The summed E-state index contributed by atoms with van der Waals surface area (Å²) >= 11 is 0. The number of hydrogen-bond acceptors (Lipinski definition) is 4. The van der Waals surface area contributed by atoms with Gasteiger partial charge in [0.15, 0.2) is 5.54 Å². The first kappa shape index (κ1) is 16.3. The molecule has 128 valence electrons. The Morgan fingerprint density at radius 2 is 2.17 bits per heavy atom. The molecule has 24 heavy (non-hydrogen) atoms. The summed E-state index contributed by atoms with van der Waals surface area (Å²) in [5, 5.41) is 5.50. The van der Waals surface area contributed by atoms with Gasteiger partial charge < -0.3 is 15.4 Å². The van der Waals surface area contributed by atoms with Gasteiger partial charge >= 0.3 is 6.03 Å². The predicted molar refractivity (Wildman–Crippen MR) is 86.4 cm³/mol. The topological polar surface area (TPSA) is 87.7 Å². The molecule has 3 rings (SSSR count). The first-order valence-corrected chi connectivity index (χ1v) is 8.21. The number of ether oxygens (including phenoxy) is 1. The van der Waals surface area contributed by atoms with Crippen LogP contribution < -0.4 is 15.4 Å². The molecule has 2 aliphatic rings. The van der Waals surface area contributed by atoms with E-state index in [4.69, 9.17) is 4.74 Å². The summed E-state index contributed by atoms with van der Waals surface area (Å²) in [6, 6.07) is 6.63. The molecule has 0 bridgehead atoms. The maximum Gasteiger partial charge on any atom is 0.325 e. The Bertz CT molecular complexity index is 676. The van der Waals surface area contributed by atoms with E-state index in [0.717, 1.165) is 17.7 Å². The number of unbranched alkanes of at least 4 members (excludes halogenated alkanes) is 1. The third-order valence-electron chi connectivity index (χ3n) is 4.41. The van der Waals surface area contributed by atoms with Gasteiger partial charge in [-0.2, -0.15) is 0 Å². The molecule has 2 aliphatic heterocycles. The second-order valence-corrected chi connectivity index (χ2v) is 6.02. The summed E-state index contributed by atoms with van der Waals surface area (Å²) in [4.78, 5) is 38.2. The Kier molecular flexibility index (Phi) is 4.42. The maximum atomic E-state index is 12.9. The Morgan fingerprint density at radius 3 is 2.96 bits per heavy atom. The van der Waals surface area contributed by atoms with Gasteiger partial charge in [0.25, 0.3) is 5.91 Å². The van der Waals surface area contributed by atoms with Gasteiger partial charge in [0.1, 0.15) is 12.3 Å². The van der Waals surface area contributed by atoms with Gasteiger partial charge in [-0.15, -0.1) is 0 Å². The van der Waals surface area contributed by atoms with E-state index in [9.17, 15) is 14.4 Å². The van der Waals surface area contributed by atoms with E-state index in [1.54, 1.807) is 18.2 Å². The van der Waals surface area contributed by atoms with Crippen molar-refractivity contribution >= 4 is 17.8 Å². The summed E-state index contributed by atoms with van der Waals surface area (Å²) < 4.78 is 5.57. The number of rotatable bonds is 5. The van der Waals surface area contributed by atoms with Crippen LogP contribution in [0.25, 0.3) is 0 Å². The van der Waals surface area contributed by atoms with Crippen molar-refractivity contribution in [3.8, 4) is 5.75 Å². The number of nitrogens with zero attached hydrogens (tertiary/aromatic N) is 1. The molecule has 2 heterocycles. The van der Waals surface area contributed by atoms with Gasteiger partial charge in [0.05, 0.1) is 6.61 Å². The van der Waals surface area contributed by atoms with E-state index in [1.165, 1.54) is 0 Å². The van der Waals surface area contributed by atoms with Crippen LogP contribution in [0.2, 0.25) is 0 Å². The van der Waals surface area contributed by atoms with Crippen LogP contribution in [-0.2, 0) is 15.1 Å². The number of para-hydroxylation sites is 1. The SMILES string of the molecule is CCCCNC(=O)CN1C(=O)N[C@@]2(CCOc3ccccc32)C1=O. The standard InChI is InChI=1S/C17H21N3O4/c1-2-3-9-18-14(21)11-20-15(22)17(19-16(20)23)8-10-24-13-7-5-4-6-12(13)17/h4-7H,2-3,8-11H2,1H3,(H,18,21)(H,19,23)/t17-/m1/s1. The Morgan fingerprint density at radius 1 is 1.38 bits per heavy atom. The summed E-state index contributed by atoms with van der Waals surface area (Å²) in [5.41, 5.74) is -0.487. The number of carbonyl (C=O) groups excluding carboxylic acids is 3. The van der Waals surface area contributed by atoms with E-state index >= 15 is 0 Å². The Balaban J connectivity index is 1.79. The van der Waals surface area contributed by atoms with E-state index in [2.05, 4.69) is 10.6 Å². The molecule has 1 aromatic rings. The number of nitrogens with one attached hydrogen (secondary N) is 2. The molecule has 0 aromatic heterocycles. The average Bonchev–Trinajstić information content (AvgIpc) is 2.81. The van der Waals surface area contributed by atoms with Gasteiger partial charge in [0.2, 0.25) is 5.91 Å². The number of imide groups is 1. The van der Waals surface area contributed by atoms with E-state index in [0.29, 0.717) is 30.9 Å². The van der Waals surface area contributed by atoms with Crippen LogP contribution >= 0.6 is 0 Å². The quantitative estimate of drug-likeness (QED) is 0.625. The fraction of sp³-hybridized carbons (Fsp3) is 0.471. The number of carbonyl (C=O) groups is 3. The molecule has 0 saturated carbocycles. The van der Waals surface area contributed by atoms with Crippen molar-refractivity contribution < 1.29 is 19.1 Å². The van der Waals surface area contributed by atoms with Crippen LogP contribution in [0.15, 0.2) is 24.3 Å². The molecular formula is C17H21N3O4. The van der Waals surface area contributed by atoms with Crippen LogP contribution in [0.5, 0.6) is 5.75 Å². The summed E-state index contributed by atoms with van der Waals surface area (Å²) in [6.07, 6.45) is 2.17. The summed E-state index contributed by atoms with van der Waals surface area (Å²) in [7, 11) is 0. The molecule has 0 unspecified atom stereocenters. The third-order valence-corrected chi connectivity index (χ3v) is 4.41. The molecule has 0 radical (unpaired) electrons. The largest absolute Gasteiger partial charge is 0.493 e. The molecule has 7 heteroatoms. The second kappa shape index (κ2) is 6.51. The van der Waals surface area contributed by atoms with Crippen molar-refractivity contribution in [1.82, 2.24) is 15.5 Å². The fourth-order valence-electron chi connectivity index (χ4n) is 3.12. The first-order valence-electron chi connectivity index (χ1n) is 8.21. The van der Waals surface area contributed by atoms with Gasteiger partial charge in [-0.3, -0.25) is 14.5 Å². The monoisotopic (exact) mass is 331 g/mol. The maximum absolute atomic E-state index is 12.9. The molecule has 2 N–H and O–H groups in total. The van der Waals surface area contributed by atoms with Crippen LogP contribution in [0.3, 0.4) is 0 Å². The smallest absolute Gasteiger partial charge is 0.325 e. The second-order valence-electron chi connectivity index (χ2n) is 6.02. The Hall–Kier alpha value is -2.57. The number of amides is 4. The van der Waals surface area contributed by atoms with Gasteiger partial charge in [-0.1, -0.05) is 31.5 Å².